The highest BCUT2D eigenvalue weighted by Crippen LogP contribution is 2.22. The molecule has 1 atom stereocenters. The molecule has 0 bridgehead atoms. The normalized spacial score (nSPS) is 11.4. The van der Waals surface area contributed by atoms with E-state index in [9.17, 15) is 9.59 Å². The first-order valence-corrected chi connectivity index (χ1v) is 8.68. The van der Waals surface area contributed by atoms with Crippen LogP contribution in [-0.4, -0.2) is 11.9 Å². The molecule has 0 spiro atoms. The second-order valence-corrected chi connectivity index (χ2v) is 6.17. The van der Waals surface area contributed by atoms with Crippen LogP contribution in [0.15, 0.2) is 84.9 Å². The van der Waals surface area contributed by atoms with Gasteiger partial charge in [0.2, 0.25) is 5.91 Å². The van der Waals surface area contributed by atoms with Crippen molar-refractivity contribution >= 4 is 17.6 Å². The molecule has 0 fully saturated rings. The summed E-state index contributed by atoms with van der Waals surface area (Å²) in [6.45, 7) is 0. The Labute approximate surface area is 158 Å². The minimum Gasteiger partial charge on any atom is -0.352 e. The van der Waals surface area contributed by atoms with E-state index >= 15 is 0 Å². The van der Waals surface area contributed by atoms with Crippen LogP contribution in [0.5, 0.6) is 0 Å². The molecule has 3 amide bonds. The molecule has 3 rings (SSSR count). The maximum Gasteiger partial charge on any atom is 0.312 e. The quantitative estimate of drug-likeness (QED) is 0.619. The Morgan fingerprint density at radius 3 is 1.93 bits per heavy atom. The molecule has 0 heterocycles. The lowest BCUT2D eigenvalue weighted by molar-refractivity contribution is -0.116. The fourth-order valence-corrected chi connectivity index (χ4v) is 2.88. The summed E-state index contributed by atoms with van der Waals surface area (Å²) in [6.07, 6.45) is 0.0907. The second kappa shape index (κ2) is 8.67. The van der Waals surface area contributed by atoms with Crippen LogP contribution in [0.2, 0.25) is 0 Å². The van der Waals surface area contributed by atoms with E-state index in [4.69, 9.17) is 5.73 Å². The largest absolute Gasteiger partial charge is 0.352 e. The van der Waals surface area contributed by atoms with Gasteiger partial charge in [0, 0.05) is 5.69 Å². The predicted octanol–water partition coefficient (Wildman–Crippen LogP) is 4.09. The first-order chi connectivity index (χ1) is 13.1. The van der Waals surface area contributed by atoms with Gasteiger partial charge in [-0.3, -0.25) is 4.79 Å². The van der Waals surface area contributed by atoms with Crippen molar-refractivity contribution in [1.29, 1.82) is 0 Å². The van der Waals surface area contributed by atoms with Crippen molar-refractivity contribution < 1.29 is 9.59 Å². The van der Waals surface area contributed by atoms with Gasteiger partial charge < -0.3 is 16.4 Å². The molecular weight excluding hydrogens is 338 g/mol. The Balaban J connectivity index is 1.66. The highest BCUT2D eigenvalue weighted by Gasteiger charge is 2.17. The fraction of sp³-hybridized carbons (Fsp3) is 0.0909. The molecule has 0 aliphatic heterocycles. The van der Waals surface area contributed by atoms with Gasteiger partial charge in [-0.15, -0.1) is 0 Å². The van der Waals surface area contributed by atoms with Crippen molar-refractivity contribution in [2.24, 2.45) is 5.73 Å². The van der Waals surface area contributed by atoms with Crippen LogP contribution in [0.3, 0.4) is 0 Å². The fourth-order valence-electron chi connectivity index (χ4n) is 2.88. The molecule has 27 heavy (non-hydrogen) atoms. The molecule has 5 heteroatoms. The second-order valence-electron chi connectivity index (χ2n) is 6.17. The molecule has 1 unspecified atom stereocenters. The first-order valence-electron chi connectivity index (χ1n) is 8.68. The van der Waals surface area contributed by atoms with Gasteiger partial charge in [-0.25, -0.2) is 4.79 Å². The van der Waals surface area contributed by atoms with Crippen LogP contribution >= 0.6 is 0 Å². The maximum absolute atomic E-state index is 12.4. The van der Waals surface area contributed by atoms with E-state index in [-0.39, 0.29) is 12.3 Å². The summed E-state index contributed by atoms with van der Waals surface area (Å²) in [7, 11) is 0. The number of rotatable bonds is 6. The van der Waals surface area contributed by atoms with Crippen LogP contribution in [0, 0.1) is 0 Å². The Bertz CT molecular complexity index is 894. The number of nitrogens with two attached hydrogens (primary N) is 1. The Morgan fingerprint density at radius 1 is 0.778 bits per heavy atom. The van der Waals surface area contributed by atoms with Crippen LogP contribution in [0.25, 0.3) is 11.1 Å². The van der Waals surface area contributed by atoms with Gasteiger partial charge in [-0.1, -0.05) is 72.8 Å². The number of carbonyl (C=O) groups excluding carboxylic acids is 2. The zero-order valence-corrected chi connectivity index (χ0v) is 14.8. The van der Waals surface area contributed by atoms with Gasteiger partial charge in [-0.05, 0) is 28.8 Å². The average Bonchev–Trinajstić information content (AvgIpc) is 2.69. The molecule has 0 saturated heterocycles. The Morgan fingerprint density at radius 2 is 1.33 bits per heavy atom. The van der Waals surface area contributed by atoms with E-state index in [1.165, 1.54) is 0 Å². The average molecular weight is 359 g/mol. The van der Waals surface area contributed by atoms with Gasteiger partial charge in [-0.2, -0.15) is 0 Å². The monoisotopic (exact) mass is 359 g/mol. The number of benzene rings is 3. The number of anilines is 1. The first kappa shape index (κ1) is 18.2. The predicted molar refractivity (Wildman–Crippen MR) is 107 cm³/mol. The third-order valence-corrected chi connectivity index (χ3v) is 4.18. The summed E-state index contributed by atoms with van der Waals surface area (Å²) in [5.41, 5.74) is 8.96. The Kier molecular flexibility index (Phi) is 5.84. The minimum absolute atomic E-state index is 0.0907. The Hall–Kier alpha value is -3.60. The molecule has 4 N–H and O–H groups in total. The summed E-state index contributed by atoms with van der Waals surface area (Å²) in [5, 5.41) is 5.48. The third-order valence-electron chi connectivity index (χ3n) is 4.18. The van der Waals surface area contributed by atoms with Gasteiger partial charge in [0.15, 0.2) is 0 Å². The van der Waals surface area contributed by atoms with E-state index in [0.717, 1.165) is 16.7 Å². The number of urea groups is 1. The molecule has 0 aliphatic carbocycles. The maximum atomic E-state index is 12.4. The number of amides is 3. The van der Waals surface area contributed by atoms with Crippen LogP contribution < -0.4 is 16.4 Å². The zero-order valence-electron chi connectivity index (χ0n) is 14.8. The lowest BCUT2D eigenvalue weighted by Gasteiger charge is -2.17. The van der Waals surface area contributed by atoms with E-state index < -0.39 is 12.1 Å². The highest BCUT2D eigenvalue weighted by molar-refractivity contribution is 5.91. The van der Waals surface area contributed by atoms with Crippen LogP contribution in [0.1, 0.15) is 18.0 Å². The smallest absolute Gasteiger partial charge is 0.312 e. The van der Waals surface area contributed by atoms with Crippen molar-refractivity contribution in [3.63, 3.8) is 0 Å². The standard InChI is InChI=1S/C22H21N3O2/c23-22(27)25-20(18-9-5-2-6-10-18)15-21(26)24-19-13-11-17(12-14-19)16-7-3-1-4-8-16/h1-14,20H,15H2,(H,24,26)(H3,23,25,27). The number of primary amides is 1. The molecular formula is C22H21N3O2. The van der Waals surface area contributed by atoms with E-state index in [1.54, 1.807) is 0 Å². The lowest BCUT2D eigenvalue weighted by atomic mass is 10.0. The highest BCUT2D eigenvalue weighted by atomic mass is 16.2. The van der Waals surface area contributed by atoms with Crippen molar-refractivity contribution in [3.8, 4) is 11.1 Å². The third kappa shape index (κ3) is 5.19. The van der Waals surface area contributed by atoms with Crippen LogP contribution in [0.4, 0.5) is 10.5 Å². The topological polar surface area (TPSA) is 84.2 Å². The number of nitrogens with one attached hydrogen (secondary N) is 2. The van der Waals surface area contributed by atoms with Gasteiger partial charge in [0.25, 0.3) is 0 Å². The summed E-state index contributed by atoms with van der Waals surface area (Å²) in [4.78, 5) is 23.7. The van der Waals surface area contributed by atoms with Gasteiger partial charge >= 0.3 is 6.03 Å². The summed E-state index contributed by atoms with van der Waals surface area (Å²) in [6, 6.07) is 25.8. The molecule has 0 radical (unpaired) electrons. The van der Waals surface area contributed by atoms with E-state index in [1.807, 2.05) is 84.9 Å². The molecule has 136 valence electrons. The van der Waals surface area contributed by atoms with Crippen molar-refractivity contribution in [3.05, 3.63) is 90.5 Å². The molecule has 3 aromatic carbocycles. The van der Waals surface area contributed by atoms with Crippen molar-refractivity contribution in [2.75, 3.05) is 5.32 Å². The molecule has 0 aromatic heterocycles. The van der Waals surface area contributed by atoms with Crippen molar-refractivity contribution in [2.45, 2.75) is 12.5 Å². The SMILES string of the molecule is NC(=O)NC(CC(=O)Nc1ccc(-c2ccccc2)cc1)c1ccccc1. The van der Waals surface area contributed by atoms with E-state index in [2.05, 4.69) is 10.6 Å². The van der Waals surface area contributed by atoms with Gasteiger partial charge in [0.1, 0.15) is 0 Å². The van der Waals surface area contributed by atoms with Crippen LogP contribution in [-0.2, 0) is 4.79 Å². The summed E-state index contributed by atoms with van der Waals surface area (Å²) >= 11 is 0. The molecule has 0 aliphatic rings. The number of hydrogen-bond acceptors (Lipinski definition) is 2. The number of hydrogen-bond donors (Lipinski definition) is 3. The lowest BCUT2D eigenvalue weighted by Crippen LogP contribution is -2.35. The summed E-state index contributed by atoms with van der Waals surface area (Å²) < 4.78 is 0. The molecule has 5 nitrogen and oxygen atoms in total. The van der Waals surface area contributed by atoms with Crippen molar-refractivity contribution in [1.82, 2.24) is 5.32 Å². The minimum atomic E-state index is -0.663. The zero-order chi connectivity index (χ0) is 19.1. The van der Waals surface area contributed by atoms with E-state index in [0.29, 0.717) is 5.69 Å². The summed E-state index contributed by atoms with van der Waals surface area (Å²) in [5.74, 6) is -0.204. The number of carbonyl (C=O) groups is 2. The molecule has 0 saturated carbocycles. The molecule has 3 aromatic rings. The van der Waals surface area contributed by atoms with Gasteiger partial charge in [0.05, 0.1) is 12.5 Å².